The number of nitrogens with one attached hydrogen (secondary N) is 1. The molecule has 1 aliphatic carbocycles. The zero-order valence-corrected chi connectivity index (χ0v) is 11.6. The van der Waals surface area contributed by atoms with Gasteiger partial charge >= 0.3 is 0 Å². The highest BCUT2D eigenvalue weighted by atomic mass is 19.1. The van der Waals surface area contributed by atoms with E-state index in [0.29, 0.717) is 12.3 Å². The minimum Gasteiger partial charge on any atom is -0.340 e. The first-order valence-electron chi connectivity index (χ1n) is 7.48. The highest BCUT2D eigenvalue weighted by molar-refractivity contribution is 5.77. The van der Waals surface area contributed by atoms with E-state index in [2.05, 4.69) is 5.32 Å². The molecule has 1 N–H and O–H groups in total. The number of hydrogen-bond donors (Lipinski definition) is 1. The molecular weight excluding hydrogens is 255 g/mol. The fourth-order valence-corrected chi connectivity index (χ4v) is 3.00. The van der Waals surface area contributed by atoms with E-state index in [4.69, 9.17) is 0 Å². The molecule has 1 amide bonds. The van der Waals surface area contributed by atoms with Gasteiger partial charge in [0.1, 0.15) is 5.82 Å². The lowest BCUT2D eigenvalue weighted by molar-refractivity contribution is -0.132. The fourth-order valence-electron chi connectivity index (χ4n) is 3.00. The molecule has 1 saturated heterocycles. The summed E-state index contributed by atoms with van der Waals surface area (Å²) in [5.74, 6) is 0.898. The molecule has 1 aromatic carbocycles. The Bertz CT molecular complexity index is 464. The van der Waals surface area contributed by atoms with Crippen LogP contribution in [0.5, 0.6) is 0 Å². The summed E-state index contributed by atoms with van der Waals surface area (Å²) in [7, 11) is 0. The molecule has 0 bridgehead atoms. The van der Waals surface area contributed by atoms with Crippen LogP contribution in [-0.2, 0) is 4.79 Å². The number of benzene rings is 1. The van der Waals surface area contributed by atoms with Gasteiger partial charge in [-0.05, 0) is 42.4 Å². The third-order valence-corrected chi connectivity index (χ3v) is 4.35. The molecular formula is C16H21FN2O. The van der Waals surface area contributed by atoms with Gasteiger partial charge in [0, 0.05) is 32.6 Å². The van der Waals surface area contributed by atoms with Gasteiger partial charge in [-0.2, -0.15) is 0 Å². The lowest BCUT2D eigenvalue weighted by Gasteiger charge is -2.29. The van der Waals surface area contributed by atoms with Gasteiger partial charge in [-0.15, -0.1) is 0 Å². The molecule has 0 aromatic heterocycles. The molecule has 3 nitrogen and oxygen atoms in total. The summed E-state index contributed by atoms with van der Waals surface area (Å²) in [6.07, 6.45) is 2.95. The van der Waals surface area contributed by atoms with Crippen LogP contribution in [0, 0.1) is 11.7 Å². The first-order chi connectivity index (χ1) is 9.74. The first kappa shape index (κ1) is 13.6. The van der Waals surface area contributed by atoms with Crippen LogP contribution in [0.25, 0.3) is 0 Å². The van der Waals surface area contributed by atoms with E-state index in [0.717, 1.165) is 31.7 Å². The monoisotopic (exact) mass is 276 g/mol. The predicted octanol–water partition coefficient (Wildman–Crippen LogP) is 2.14. The molecule has 1 unspecified atom stereocenters. The molecule has 1 atom stereocenters. The van der Waals surface area contributed by atoms with Crippen molar-refractivity contribution < 1.29 is 9.18 Å². The Morgan fingerprint density at radius 2 is 1.90 bits per heavy atom. The van der Waals surface area contributed by atoms with Crippen LogP contribution in [-0.4, -0.2) is 37.0 Å². The summed E-state index contributed by atoms with van der Waals surface area (Å²) >= 11 is 0. The molecule has 0 spiro atoms. The van der Waals surface area contributed by atoms with E-state index in [-0.39, 0.29) is 17.6 Å². The van der Waals surface area contributed by atoms with Crippen LogP contribution >= 0.6 is 0 Å². The summed E-state index contributed by atoms with van der Waals surface area (Å²) in [5.41, 5.74) is 1.11. The summed E-state index contributed by atoms with van der Waals surface area (Å²) in [4.78, 5) is 14.4. The molecule has 2 aliphatic rings. The second-order valence-electron chi connectivity index (χ2n) is 5.83. The third-order valence-electron chi connectivity index (χ3n) is 4.35. The van der Waals surface area contributed by atoms with Gasteiger partial charge < -0.3 is 10.2 Å². The van der Waals surface area contributed by atoms with Gasteiger partial charge in [-0.3, -0.25) is 4.79 Å². The Hall–Kier alpha value is -1.42. The zero-order valence-electron chi connectivity index (χ0n) is 11.6. The molecule has 2 fully saturated rings. The van der Waals surface area contributed by atoms with Crippen LogP contribution in [0.15, 0.2) is 24.3 Å². The van der Waals surface area contributed by atoms with Crippen molar-refractivity contribution in [2.24, 2.45) is 5.92 Å². The number of carbonyl (C=O) groups is 1. The van der Waals surface area contributed by atoms with Gasteiger partial charge in [-0.25, -0.2) is 4.39 Å². The Morgan fingerprint density at radius 1 is 1.25 bits per heavy atom. The van der Waals surface area contributed by atoms with E-state index in [9.17, 15) is 9.18 Å². The van der Waals surface area contributed by atoms with Gasteiger partial charge in [0.05, 0.1) is 0 Å². The quantitative estimate of drug-likeness (QED) is 0.914. The Labute approximate surface area is 119 Å². The average molecular weight is 276 g/mol. The van der Waals surface area contributed by atoms with E-state index in [1.165, 1.54) is 25.0 Å². The molecule has 3 rings (SSSR count). The maximum Gasteiger partial charge on any atom is 0.223 e. The van der Waals surface area contributed by atoms with E-state index in [1.54, 1.807) is 0 Å². The lowest BCUT2D eigenvalue weighted by atomic mass is 9.90. The van der Waals surface area contributed by atoms with Crippen molar-refractivity contribution in [2.75, 3.05) is 26.2 Å². The largest absolute Gasteiger partial charge is 0.340 e. The van der Waals surface area contributed by atoms with Gasteiger partial charge in [0.15, 0.2) is 0 Å². The SMILES string of the molecule is O=C(CC(c1ccc(F)cc1)C1CC1)N1CCNCC1. The smallest absolute Gasteiger partial charge is 0.223 e. The van der Waals surface area contributed by atoms with Crippen LogP contribution in [0.4, 0.5) is 4.39 Å². The molecule has 4 heteroatoms. The zero-order chi connectivity index (χ0) is 13.9. The van der Waals surface area contributed by atoms with E-state index in [1.807, 2.05) is 17.0 Å². The Morgan fingerprint density at radius 3 is 2.50 bits per heavy atom. The molecule has 1 saturated carbocycles. The number of carbonyl (C=O) groups excluding carboxylic acids is 1. The molecule has 1 heterocycles. The number of hydrogen-bond acceptors (Lipinski definition) is 2. The molecule has 108 valence electrons. The standard InChI is InChI=1S/C16H21FN2O/c17-14-5-3-13(4-6-14)15(12-1-2-12)11-16(20)19-9-7-18-8-10-19/h3-6,12,15,18H,1-2,7-11H2. The van der Waals surface area contributed by atoms with E-state index >= 15 is 0 Å². The van der Waals surface area contributed by atoms with Crippen molar-refractivity contribution in [3.05, 3.63) is 35.6 Å². The van der Waals surface area contributed by atoms with Crippen LogP contribution in [0.2, 0.25) is 0 Å². The number of amides is 1. The van der Waals surface area contributed by atoms with Crippen LogP contribution < -0.4 is 5.32 Å². The number of piperazine rings is 1. The van der Waals surface area contributed by atoms with E-state index < -0.39 is 0 Å². The second-order valence-corrected chi connectivity index (χ2v) is 5.83. The predicted molar refractivity (Wildman–Crippen MR) is 75.9 cm³/mol. The maximum absolute atomic E-state index is 13.0. The minimum atomic E-state index is -0.211. The summed E-state index contributed by atoms with van der Waals surface area (Å²) < 4.78 is 13.0. The highest BCUT2D eigenvalue weighted by Gasteiger charge is 2.34. The summed E-state index contributed by atoms with van der Waals surface area (Å²) in [6.45, 7) is 3.38. The third kappa shape index (κ3) is 3.18. The molecule has 1 aliphatic heterocycles. The lowest BCUT2D eigenvalue weighted by Crippen LogP contribution is -2.46. The molecule has 1 aromatic rings. The van der Waals surface area contributed by atoms with Crippen molar-refractivity contribution in [1.82, 2.24) is 10.2 Å². The Balaban J connectivity index is 1.68. The molecule has 20 heavy (non-hydrogen) atoms. The van der Waals surface area contributed by atoms with Crippen molar-refractivity contribution in [3.8, 4) is 0 Å². The number of rotatable bonds is 4. The normalized spacial score (nSPS) is 20.8. The topological polar surface area (TPSA) is 32.3 Å². The first-order valence-corrected chi connectivity index (χ1v) is 7.48. The van der Waals surface area contributed by atoms with Crippen molar-refractivity contribution in [2.45, 2.75) is 25.2 Å². The molecule has 0 radical (unpaired) electrons. The number of halogens is 1. The Kier molecular flexibility index (Phi) is 4.01. The summed E-state index contributed by atoms with van der Waals surface area (Å²) in [6, 6.07) is 6.67. The highest BCUT2D eigenvalue weighted by Crippen LogP contribution is 2.44. The number of nitrogens with zero attached hydrogens (tertiary/aromatic N) is 1. The fraction of sp³-hybridized carbons (Fsp3) is 0.562. The minimum absolute atomic E-state index is 0.211. The van der Waals surface area contributed by atoms with Crippen molar-refractivity contribution in [3.63, 3.8) is 0 Å². The van der Waals surface area contributed by atoms with Gasteiger partial charge in [0.2, 0.25) is 5.91 Å². The average Bonchev–Trinajstić information content (AvgIpc) is 3.31. The maximum atomic E-state index is 13.0. The van der Waals surface area contributed by atoms with Gasteiger partial charge in [0.25, 0.3) is 0 Å². The van der Waals surface area contributed by atoms with Crippen LogP contribution in [0.3, 0.4) is 0 Å². The van der Waals surface area contributed by atoms with Gasteiger partial charge in [-0.1, -0.05) is 12.1 Å². The second kappa shape index (κ2) is 5.92. The van der Waals surface area contributed by atoms with Crippen LogP contribution in [0.1, 0.15) is 30.7 Å². The van der Waals surface area contributed by atoms with Crippen molar-refractivity contribution >= 4 is 5.91 Å². The van der Waals surface area contributed by atoms with Crippen molar-refractivity contribution in [1.29, 1.82) is 0 Å². The summed E-state index contributed by atoms with van der Waals surface area (Å²) in [5, 5.41) is 3.26.